The molecule has 0 spiro atoms. The Labute approximate surface area is 122 Å². The summed E-state index contributed by atoms with van der Waals surface area (Å²) in [5.41, 5.74) is -0.979. The highest BCUT2D eigenvalue weighted by atomic mass is 19.4. The number of benzene rings is 1. The van der Waals surface area contributed by atoms with Crippen LogP contribution in [0.15, 0.2) is 30.6 Å². The fraction of sp³-hybridized carbons (Fsp3) is 0.167. The van der Waals surface area contributed by atoms with Gasteiger partial charge in [0.05, 0.1) is 10.5 Å². The van der Waals surface area contributed by atoms with E-state index in [1.54, 1.807) is 0 Å². The molecule has 22 heavy (non-hydrogen) atoms. The Morgan fingerprint density at radius 2 is 1.73 bits per heavy atom. The van der Waals surface area contributed by atoms with Crippen LogP contribution in [0.5, 0.6) is 0 Å². The molecule has 0 fully saturated rings. The summed E-state index contributed by atoms with van der Waals surface area (Å²) in [6, 6.07) is 4.06. The summed E-state index contributed by atoms with van der Waals surface area (Å²) in [6.07, 6.45) is -3.34. The minimum atomic E-state index is -4.45. The third-order valence-corrected chi connectivity index (χ3v) is 2.72. The van der Waals surface area contributed by atoms with Gasteiger partial charge in [-0.2, -0.15) is 13.2 Å². The van der Waals surface area contributed by atoms with Crippen LogP contribution in [0, 0.1) is 10.1 Å². The third-order valence-electron chi connectivity index (χ3n) is 2.72. The van der Waals surface area contributed by atoms with E-state index < -0.39 is 22.4 Å². The maximum Gasteiger partial charge on any atom is 0.416 e. The van der Waals surface area contributed by atoms with E-state index in [0.29, 0.717) is 0 Å². The molecule has 0 aliphatic carbocycles. The molecular formula is C12H10F3N5O2. The van der Waals surface area contributed by atoms with Crippen molar-refractivity contribution in [2.45, 2.75) is 6.18 Å². The second-order valence-corrected chi connectivity index (χ2v) is 4.13. The van der Waals surface area contributed by atoms with Crippen molar-refractivity contribution in [3.63, 3.8) is 0 Å². The van der Waals surface area contributed by atoms with E-state index in [2.05, 4.69) is 20.6 Å². The first-order valence-corrected chi connectivity index (χ1v) is 5.94. The molecule has 1 heterocycles. The van der Waals surface area contributed by atoms with Crippen molar-refractivity contribution in [3.8, 4) is 0 Å². The Hall–Kier alpha value is -2.91. The summed E-state index contributed by atoms with van der Waals surface area (Å²) >= 11 is 0. The number of hydrogen-bond donors (Lipinski definition) is 2. The SMILES string of the molecule is CNc1ncnc(Nc2ccc(C(F)(F)F)cc2)c1[N+](=O)[O-]. The number of nitro groups is 1. The Balaban J connectivity index is 2.33. The highest BCUT2D eigenvalue weighted by molar-refractivity contribution is 5.73. The standard InChI is InChI=1S/C12H10F3N5O2/c1-16-10-9(20(21)22)11(18-6-17-10)19-8-4-2-7(3-5-8)12(13,14)15/h2-6H,1H3,(H2,16,17,18,19). The van der Waals surface area contributed by atoms with Gasteiger partial charge in [-0.15, -0.1) is 0 Å². The summed E-state index contributed by atoms with van der Waals surface area (Å²) in [5, 5.41) is 16.2. The predicted molar refractivity (Wildman–Crippen MR) is 73.0 cm³/mol. The number of nitrogens with zero attached hydrogens (tertiary/aromatic N) is 3. The smallest absolute Gasteiger partial charge is 0.367 e. The molecule has 1 aromatic carbocycles. The van der Waals surface area contributed by atoms with Gasteiger partial charge in [-0.1, -0.05) is 0 Å². The molecule has 0 saturated heterocycles. The minimum absolute atomic E-state index is 0.00517. The maximum absolute atomic E-state index is 12.5. The molecule has 0 aliphatic rings. The molecule has 0 atom stereocenters. The quantitative estimate of drug-likeness (QED) is 0.665. The van der Waals surface area contributed by atoms with Crippen molar-refractivity contribution < 1.29 is 18.1 Å². The van der Waals surface area contributed by atoms with E-state index in [0.717, 1.165) is 30.6 Å². The molecule has 2 rings (SSSR count). The van der Waals surface area contributed by atoms with Gasteiger partial charge in [-0.3, -0.25) is 10.1 Å². The molecule has 2 N–H and O–H groups in total. The van der Waals surface area contributed by atoms with Crippen LogP contribution in [0.1, 0.15) is 5.56 Å². The maximum atomic E-state index is 12.5. The molecule has 2 aromatic rings. The molecule has 0 unspecified atom stereocenters. The summed E-state index contributed by atoms with van der Waals surface area (Å²) in [7, 11) is 1.46. The van der Waals surface area contributed by atoms with Crippen molar-refractivity contribution in [3.05, 3.63) is 46.3 Å². The molecule has 116 valence electrons. The van der Waals surface area contributed by atoms with E-state index in [4.69, 9.17) is 0 Å². The van der Waals surface area contributed by atoms with Crippen molar-refractivity contribution in [1.29, 1.82) is 0 Å². The van der Waals surface area contributed by atoms with E-state index in [1.807, 2.05) is 0 Å². The van der Waals surface area contributed by atoms with Crippen LogP contribution in [0.25, 0.3) is 0 Å². The van der Waals surface area contributed by atoms with Crippen LogP contribution in [-0.4, -0.2) is 21.9 Å². The Morgan fingerprint density at radius 3 is 2.23 bits per heavy atom. The van der Waals surface area contributed by atoms with Crippen molar-refractivity contribution in [1.82, 2.24) is 9.97 Å². The van der Waals surface area contributed by atoms with Gasteiger partial charge in [0.15, 0.2) is 0 Å². The molecule has 7 nitrogen and oxygen atoms in total. The summed E-state index contributed by atoms with van der Waals surface area (Å²) in [4.78, 5) is 17.9. The van der Waals surface area contributed by atoms with Gasteiger partial charge in [0, 0.05) is 12.7 Å². The number of nitrogens with one attached hydrogen (secondary N) is 2. The van der Waals surface area contributed by atoms with Gasteiger partial charge < -0.3 is 10.6 Å². The van der Waals surface area contributed by atoms with Crippen LogP contribution >= 0.6 is 0 Å². The van der Waals surface area contributed by atoms with Gasteiger partial charge in [0.2, 0.25) is 11.6 Å². The Morgan fingerprint density at radius 1 is 1.14 bits per heavy atom. The summed E-state index contributed by atoms with van der Waals surface area (Å²) < 4.78 is 37.4. The number of aromatic nitrogens is 2. The first-order valence-electron chi connectivity index (χ1n) is 5.94. The molecule has 0 saturated carbocycles. The van der Waals surface area contributed by atoms with Gasteiger partial charge in [0.25, 0.3) is 0 Å². The fourth-order valence-electron chi connectivity index (χ4n) is 1.71. The predicted octanol–water partition coefficient (Wildman–Crippen LogP) is 3.19. The second kappa shape index (κ2) is 5.84. The molecule has 10 heteroatoms. The van der Waals surface area contributed by atoms with E-state index >= 15 is 0 Å². The normalized spacial score (nSPS) is 11.1. The lowest BCUT2D eigenvalue weighted by atomic mass is 10.2. The van der Waals surface area contributed by atoms with Gasteiger partial charge in [-0.05, 0) is 24.3 Å². The Kier molecular flexibility index (Phi) is 4.11. The van der Waals surface area contributed by atoms with Crippen LogP contribution < -0.4 is 10.6 Å². The monoisotopic (exact) mass is 313 g/mol. The topological polar surface area (TPSA) is 93.0 Å². The number of hydrogen-bond acceptors (Lipinski definition) is 6. The lowest BCUT2D eigenvalue weighted by Gasteiger charge is -2.10. The molecule has 0 amide bonds. The van der Waals surface area contributed by atoms with E-state index in [1.165, 1.54) is 7.05 Å². The third kappa shape index (κ3) is 3.22. The highest BCUT2D eigenvalue weighted by Crippen LogP contribution is 2.33. The average molecular weight is 313 g/mol. The van der Waals surface area contributed by atoms with Gasteiger partial charge >= 0.3 is 11.9 Å². The van der Waals surface area contributed by atoms with Crippen LogP contribution in [-0.2, 0) is 6.18 Å². The number of anilines is 3. The fourth-order valence-corrected chi connectivity index (χ4v) is 1.71. The first-order chi connectivity index (χ1) is 10.3. The second-order valence-electron chi connectivity index (χ2n) is 4.13. The van der Waals surface area contributed by atoms with Gasteiger partial charge in [0.1, 0.15) is 6.33 Å². The minimum Gasteiger partial charge on any atom is -0.367 e. The Bertz CT molecular complexity index is 688. The van der Waals surface area contributed by atoms with Crippen molar-refractivity contribution in [2.24, 2.45) is 0 Å². The van der Waals surface area contributed by atoms with Crippen molar-refractivity contribution >= 4 is 23.0 Å². The van der Waals surface area contributed by atoms with Crippen LogP contribution in [0.3, 0.4) is 0 Å². The van der Waals surface area contributed by atoms with Crippen molar-refractivity contribution in [2.75, 3.05) is 17.7 Å². The van der Waals surface area contributed by atoms with E-state index in [-0.39, 0.29) is 17.3 Å². The van der Waals surface area contributed by atoms with Crippen LogP contribution in [0.2, 0.25) is 0 Å². The van der Waals surface area contributed by atoms with Crippen LogP contribution in [0.4, 0.5) is 36.2 Å². The summed E-state index contributed by atoms with van der Waals surface area (Å²) in [6.45, 7) is 0. The molecule has 0 bridgehead atoms. The number of alkyl halides is 3. The zero-order valence-corrected chi connectivity index (χ0v) is 11.2. The zero-order chi connectivity index (χ0) is 16.3. The molecule has 0 radical (unpaired) electrons. The molecule has 1 aromatic heterocycles. The largest absolute Gasteiger partial charge is 0.416 e. The van der Waals surface area contributed by atoms with Gasteiger partial charge in [-0.25, -0.2) is 9.97 Å². The summed E-state index contributed by atoms with van der Waals surface area (Å²) in [5.74, 6) is -0.126. The molecular weight excluding hydrogens is 303 g/mol. The van der Waals surface area contributed by atoms with E-state index in [9.17, 15) is 23.3 Å². The lowest BCUT2D eigenvalue weighted by Crippen LogP contribution is -2.06. The lowest BCUT2D eigenvalue weighted by molar-refractivity contribution is -0.383. The average Bonchev–Trinajstić information content (AvgIpc) is 2.46. The first kappa shape index (κ1) is 15.5. The number of rotatable bonds is 4. The number of halogens is 3. The highest BCUT2D eigenvalue weighted by Gasteiger charge is 2.30. The molecule has 0 aliphatic heterocycles. The zero-order valence-electron chi connectivity index (χ0n) is 11.2.